The summed E-state index contributed by atoms with van der Waals surface area (Å²) in [7, 11) is 0. The number of carboxylic acids is 1. The van der Waals surface area contributed by atoms with E-state index in [2.05, 4.69) is 10.6 Å². The zero-order valence-electron chi connectivity index (χ0n) is 22.0. The zero-order valence-corrected chi connectivity index (χ0v) is 22.7. The van der Waals surface area contributed by atoms with Gasteiger partial charge in [-0.3, -0.25) is 4.79 Å². The SMILES string of the molecule is O=C(N[C@@H](Cc1ccc(-c2ccccc2Oc2ccccc2)cc1)C(=O)O)c1cc(Cl)ccc1Nc1ccccc1. The minimum Gasteiger partial charge on any atom is -0.480 e. The topological polar surface area (TPSA) is 87.7 Å². The van der Waals surface area contributed by atoms with E-state index >= 15 is 0 Å². The summed E-state index contributed by atoms with van der Waals surface area (Å²) in [5.41, 5.74) is 4.14. The van der Waals surface area contributed by atoms with Gasteiger partial charge in [0.1, 0.15) is 17.5 Å². The lowest BCUT2D eigenvalue weighted by molar-refractivity contribution is -0.139. The van der Waals surface area contributed by atoms with E-state index in [1.165, 1.54) is 6.07 Å². The highest BCUT2D eigenvalue weighted by Gasteiger charge is 2.23. The van der Waals surface area contributed by atoms with Gasteiger partial charge >= 0.3 is 5.97 Å². The Balaban J connectivity index is 1.31. The molecule has 5 aromatic carbocycles. The first-order valence-corrected chi connectivity index (χ1v) is 13.4. The van der Waals surface area contributed by atoms with Gasteiger partial charge in [0.25, 0.3) is 5.91 Å². The summed E-state index contributed by atoms with van der Waals surface area (Å²) in [6.45, 7) is 0. The van der Waals surface area contributed by atoms with Crippen molar-refractivity contribution in [2.24, 2.45) is 0 Å². The average molecular weight is 563 g/mol. The van der Waals surface area contributed by atoms with Crippen LogP contribution in [0.1, 0.15) is 15.9 Å². The lowest BCUT2D eigenvalue weighted by Gasteiger charge is -2.18. The second-order valence-electron chi connectivity index (χ2n) is 9.36. The van der Waals surface area contributed by atoms with E-state index in [1.54, 1.807) is 12.1 Å². The normalized spacial score (nSPS) is 11.3. The summed E-state index contributed by atoms with van der Waals surface area (Å²) in [6.07, 6.45) is 0.103. The molecule has 0 unspecified atom stereocenters. The van der Waals surface area contributed by atoms with Crippen LogP contribution in [-0.2, 0) is 11.2 Å². The van der Waals surface area contributed by atoms with Crippen molar-refractivity contribution >= 4 is 34.9 Å². The van der Waals surface area contributed by atoms with Gasteiger partial charge in [-0.25, -0.2) is 4.79 Å². The van der Waals surface area contributed by atoms with Crippen molar-refractivity contribution in [3.05, 3.63) is 144 Å². The summed E-state index contributed by atoms with van der Waals surface area (Å²) in [5, 5.41) is 16.2. The van der Waals surface area contributed by atoms with Gasteiger partial charge in [-0.15, -0.1) is 0 Å². The Morgan fingerprint density at radius 2 is 1.44 bits per heavy atom. The molecule has 1 atom stereocenters. The third-order valence-corrected chi connectivity index (χ3v) is 6.68. The zero-order chi connectivity index (χ0) is 28.6. The molecule has 0 fully saturated rings. The number of carboxylic acid groups (broad SMARTS) is 1. The molecular weight excluding hydrogens is 536 g/mol. The van der Waals surface area contributed by atoms with Gasteiger partial charge in [0.05, 0.1) is 11.3 Å². The van der Waals surface area contributed by atoms with E-state index in [9.17, 15) is 14.7 Å². The number of nitrogens with one attached hydrogen (secondary N) is 2. The highest BCUT2D eigenvalue weighted by molar-refractivity contribution is 6.31. The van der Waals surface area contributed by atoms with Gasteiger partial charge in [0, 0.05) is 22.7 Å². The van der Waals surface area contributed by atoms with Crippen molar-refractivity contribution in [2.45, 2.75) is 12.5 Å². The average Bonchev–Trinajstić information content (AvgIpc) is 2.99. The Morgan fingerprint density at radius 1 is 0.780 bits per heavy atom. The fourth-order valence-electron chi connectivity index (χ4n) is 4.39. The summed E-state index contributed by atoms with van der Waals surface area (Å²) in [5.74, 6) is -0.229. The highest BCUT2D eigenvalue weighted by Crippen LogP contribution is 2.33. The Hall–Kier alpha value is -5.07. The molecule has 204 valence electrons. The quantitative estimate of drug-likeness (QED) is 0.161. The Labute approximate surface area is 243 Å². The van der Waals surface area contributed by atoms with Crippen LogP contribution >= 0.6 is 11.6 Å². The maximum atomic E-state index is 13.3. The molecule has 5 aromatic rings. The third kappa shape index (κ3) is 7.12. The van der Waals surface area contributed by atoms with Gasteiger partial charge < -0.3 is 20.5 Å². The molecule has 5 rings (SSSR count). The number of carbonyl (C=O) groups excluding carboxylic acids is 1. The fourth-order valence-corrected chi connectivity index (χ4v) is 4.56. The number of aliphatic carboxylic acids is 1. The lowest BCUT2D eigenvalue weighted by atomic mass is 9.99. The first kappa shape index (κ1) is 27.5. The third-order valence-electron chi connectivity index (χ3n) is 6.45. The molecule has 0 spiro atoms. The maximum Gasteiger partial charge on any atom is 0.326 e. The van der Waals surface area contributed by atoms with Crippen LogP contribution in [0.3, 0.4) is 0 Å². The molecule has 0 aliphatic rings. The number of anilines is 2. The van der Waals surface area contributed by atoms with Crippen LogP contribution in [0, 0.1) is 0 Å². The van der Waals surface area contributed by atoms with Crippen LogP contribution < -0.4 is 15.4 Å². The van der Waals surface area contributed by atoms with Crippen LogP contribution in [-0.4, -0.2) is 23.0 Å². The van der Waals surface area contributed by atoms with Crippen molar-refractivity contribution in [2.75, 3.05) is 5.32 Å². The maximum absolute atomic E-state index is 13.3. The van der Waals surface area contributed by atoms with Gasteiger partial charge in [0.2, 0.25) is 0 Å². The summed E-state index contributed by atoms with van der Waals surface area (Å²) < 4.78 is 6.09. The number of hydrogen-bond donors (Lipinski definition) is 3. The molecule has 41 heavy (non-hydrogen) atoms. The van der Waals surface area contributed by atoms with Crippen molar-refractivity contribution in [3.8, 4) is 22.6 Å². The Morgan fingerprint density at radius 3 is 2.15 bits per heavy atom. The van der Waals surface area contributed by atoms with Crippen molar-refractivity contribution in [1.82, 2.24) is 5.32 Å². The van der Waals surface area contributed by atoms with E-state index < -0.39 is 17.9 Å². The molecule has 0 saturated carbocycles. The fraction of sp³-hybridized carbons (Fsp3) is 0.0588. The second kappa shape index (κ2) is 12.9. The van der Waals surface area contributed by atoms with E-state index in [1.807, 2.05) is 109 Å². The molecule has 0 saturated heterocycles. The largest absolute Gasteiger partial charge is 0.480 e. The molecule has 6 nitrogen and oxygen atoms in total. The molecule has 1 amide bonds. The van der Waals surface area contributed by atoms with Crippen LogP contribution in [0.2, 0.25) is 5.02 Å². The predicted octanol–water partition coefficient (Wildman–Crippen LogP) is 7.97. The number of para-hydroxylation sites is 3. The summed E-state index contributed by atoms with van der Waals surface area (Å²) >= 11 is 6.18. The number of carbonyl (C=O) groups is 2. The Kier molecular flexibility index (Phi) is 8.62. The van der Waals surface area contributed by atoms with E-state index in [0.29, 0.717) is 16.5 Å². The van der Waals surface area contributed by atoms with Gasteiger partial charge in [0.15, 0.2) is 0 Å². The second-order valence-corrected chi connectivity index (χ2v) is 9.79. The predicted molar refractivity (Wildman–Crippen MR) is 162 cm³/mol. The molecule has 0 heterocycles. The molecule has 0 aliphatic carbocycles. The van der Waals surface area contributed by atoms with Crippen molar-refractivity contribution in [1.29, 1.82) is 0 Å². The monoisotopic (exact) mass is 562 g/mol. The smallest absolute Gasteiger partial charge is 0.326 e. The lowest BCUT2D eigenvalue weighted by Crippen LogP contribution is -2.42. The molecule has 0 aliphatic heterocycles. The van der Waals surface area contributed by atoms with Crippen molar-refractivity contribution < 1.29 is 19.4 Å². The van der Waals surface area contributed by atoms with E-state index in [-0.39, 0.29) is 12.0 Å². The van der Waals surface area contributed by atoms with Gasteiger partial charge in [-0.1, -0.05) is 90.5 Å². The van der Waals surface area contributed by atoms with Crippen LogP contribution in [0.25, 0.3) is 11.1 Å². The summed E-state index contributed by atoms with van der Waals surface area (Å²) in [6, 6.07) is 37.9. The highest BCUT2D eigenvalue weighted by atomic mass is 35.5. The van der Waals surface area contributed by atoms with Crippen LogP contribution in [0.5, 0.6) is 11.5 Å². The minimum absolute atomic E-state index is 0.103. The number of rotatable bonds is 10. The van der Waals surface area contributed by atoms with Gasteiger partial charge in [-0.05, 0) is 59.7 Å². The van der Waals surface area contributed by atoms with Crippen molar-refractivity contribution in [3.63, 3.8) is 0 Å². The number of ether oxygens (including phenoxy) is 1. The first-order chi connectivity index (χ1) is 20.0. The van der Waals surface area contributed by atoms with E-state index in [0.717, 1.165) is 28.1 Å². The molecule has 7 heteroatoms. The number of hydrogen-bond acceptors (Lipinski definition) is 4. The van der Waals surface area contributed by atoms with Gasteiger partial charge in [-0.2, -0.15) is 0 Å². The molecule has 0 radical (unpaired) electrons. The first-order valence-electron chi connectivity index (χ1n) is 13.0. The molecule has 0 aromatic heterocycles. The summed E-state index contributed by atoms with van der Waals surface area (Å²) in [4.78, 5) is 25.4. The van der Waals surface area contributed by atoms with E-state index in [4.69, 9.17) is 16.3 Å². The van der Waals surface area contributed by atoms with Crippen LogP contribution in [0.15, 0.2) is 127 Å². The molecular formula is C34H27ClN2O4. The number of benzene rings is 5. The molecule has 3 N–H and O–H groups in total. The number of halogens is 1. The number of amides is 1. The molecule has 0 bridgehead atoms. The Bertz CT molecular complexity index is 1640. The minimum atomic E-state index is -1.15. The standard InChI is InChI=1S/C34H27ClN2O4/c35-25-19-20-30(36-26-9-3-1-4-10-26)29(22-25)33(38)37-31(34(39)40)21-23-15-17-24(18-16-23)28-13-7-8-14-32(28)41-27-11-5-2-6-12-27/h1-20,22,31,36H,21H2,(H,37,38)(H,39,40)/t31-/m0/s1. The van der Waals surface area contributed by atoms with Crippen LogP contribution in [0.4, 0.5) is 11.4 Å².